The van der Waals surface area contributed by atoms with Gasteiger partial charge in [0.1, 0.15) is 0 Å². The van der Waals surface area contributed by atoms with Crippen molar-refractivity contribution in [2.24, 2.45) is 0 Å². The summed E-state index contributed by atoms with van der Waals surface area (Å²) in [6.07, 6.45) is 1.70. The van der Waals surface area contributed by atoms with Gasteiger partial charge >= 0.3 is 5.97 Å². The van der Waals surface area contributed by atoms with E-state index in [1.165, 1.54) is 25.3 Å². The van der Waals surface area contributed by atoms with E-state index < -0.39 is 5.97 Å². The molecule has 0 unspecified atom stereocenters. The summed E-state index contributed by atoms with van der Waals surface area (Å²) in [4.78, 5) is 26.1. The Hall–Kier alpha value is -3.46. The summed E-state index contributed by atoms with van der Waals surface area (Å²) in [7, 11) is 8.38. The number of aliphatic carboxylic acids is 1. The van der Waals surface area contributed by atoms with Crippen LogP contribution < -0.4 is 24.3 Å². The Morgan fingerprint density at radius 2 is 1.47 bits per heavy atom. The van der Waals surface area contributed by atoms with Gasteiger partial charge in [-0.25, -0.2) is 0 Å². The van der Waals surface area contributed by atoms with Crippen LogP contribution >= 0.6 is 0 Å². The van der Waals surface area contributed by atoms with Gasteiger partial charge in [0.15, 0.2) is 23.0 Å². The second-order valence-corrected chi connectivity index (χ2v) is 9.00. The average molecular weight is 501 g/mol. The third-order valence-corrected chi connectivity index (χ3v) is 6.52. The molecule has 0 bridgehead atoms. The highest BCUT2D eigenvalue weighted by molar-refractivity contribution is 5.80. The molecule has 3 rings (SSSR count). The second kappa shape index (κ2) is 12.5. The van der Waals surface area contributed by atoms with E-state index in [0.29, 0.717) is 35.1 Å². The van der Waals surface area contributed by atoms with E-state index in [0.717, 1.165) is 37.4 Å². The number of carboxylic acids is 1. The molecule has 2 aromatic carbocycles. The van der Waals surface area contributed by atoms with Gasteiger partial charge in [-0.1, -0.05) is 0 Å². The number of methoxy groups -OCH3 is 4. The van der Waals surface area contributed by atoms with Gasteiger partial charge in [0.2, 0.25) is 5.91 Å². The normalized spacial score (nSPS) is 14.0. The predicted molar refractivity (Wildman–Crippen MR) is 136 cm³/mol. The maximum Gasteiger partial charge on any atom is 0.307 e. The van der Waals surface area contributed by atoms with Crippen LogP contribution in [0, 0.1) is 0 Å². The van der Waals surface area contributed by atoms with Gasteiger partial charge in [-0.05, 0) is 73.0 Å². The Morgan fingerprint density at radius 3 is 2.06 bits per heavy atom. The standard InChI is InChI=1S/C27H36N2O7/c1-29(16-20-9-19-12-24(35-4)25(36-5)15-21(19)20)8-6-7-28-26(30)13-17-10-22(33-2)23(34-3)11-18(17)14-27(31)32/h10-12,15,20H,6-9,13-14,16H2,1-5H3,(H,28,30)(H,31,32)/t20-/m1/s1. The zero-order valence-corrected chi connectivity index (χ0v) is 21.7. The molecule has 0 saturated heterocycles. The van der Waals surface area contributed by atoms with Crippen LogP contribution in [0.2, 0.25) is 0 Å². The Morgan fingerprint density at radius 1 is 0.917 bits per heavy atom. The molecule has 9 heteroatoms. The number of carbonyl (C=O) groups excluding carboxylic acids is 1. The molecule has 1 amide bonds. The maximum atomic E-state index is 12.6. The molecule has 1 aliphatic rings. The zero-order valence-electron chi connectivity index (χ0n) is 21.7. The first-order valence-electron chi connectivity index (χ1n) is 11.9. The number of hydrogen-bond acceptors (Lipinski definition) is 7. The van der Waals surface area contributed by atoms with Gasteiger partial charge in [0.05, 0.1) is 41.3 Å². The lowest BCUT2D eigenvalue weighted by Crippen LogP contribution is -2.33. The van der Waals surface area contributed by atoms with Crippen LogP contribution in [0.1, 0.15) is 34.6 Å². The smallest absolute Gasteiger partial charge is 0.307 e. The van der Waals surface area contributed by atoms with Crippen molar-refractivity contribution in [1.29, 1.82) is 0 Å². The van der Waals surface area contributed by atoms with Crippen molar-refractivity contribution in [3.8, 4) is 23.0 Å². The Bertz CT molecular complexity index is 1090. The minimum Gasteiger partial charge on any atom is -0.493 e. The summed E-state index contributed by atoms with van der Waals surface area (Å²) in [5.74, 6) is 1.74. The van der Waals surface area contributed by atoms with E-state index >= 15 is 0 Å². The van der Waals surface area contributed by atoms with Gasteiger partial charge < -0.3 is 34.3 Å². The highest BCUT2D eigenvalue weighted by Gasteiger charge is 2.29. The van der Waals surface area contributed by atoms with Crippen molar-refractivity contribution in [1.82, 2.24) is 10.2 Å². The molecule has 0 radical (unpaired) electrons. The molecule has 1 atom stereocenters. The molecule has 2 N–H and O–H groups in total. The summed E-state index contributed by atoms with van der Waals surface area (Å²) >= 11 is 0. The summed E-state index contributed by atoms with van der Waals surface area (Å²) in [5.41, 5.74) is 3.75. The minimum absolute atomic E-state index is 0.0724. The summed E-state index contributed by atoms with van der Waals surface area (Å²) in [6, 6.07) is 7.42. The Kier molecular flexibility index (Phi) is 9.41. The largest absolute Gasteiger partial charge is 0.493 e. The van der Waals surface area contributed by atoms with Gasteiger partial charge in [0.25, 0.3) is 0 Å². The van der Waals surface area contributed by atoms with E-state index in [4.69, 9.17) is 18.9 Å². The lowest BCUT2D eigenvalue weighted by atomic mass is 9.77. The molecule has 0 spiro atoms. The van der Waals surface area contributed by atoms with Crippen molar-refractivity contribution in [3.05, 3.63) is 46.5 Å². The Balaban J connectivity index is 1.47. The van der Waals surface area contributed by atoms with Crippen LogP contribution in [0.5, 0.6) is 23.0 Å². The van der Waals surface area contributed by atoms with Crippen molar-refractivity contribution in [3.63, 3.8) is 0 Å². The number of benzene rings is 2. The molecule has 0 fully saturated rings. The average Bonchev–Trinajstić information content (AvgIpc) is 2.85. The molecule has 36 heavy (non-hydrogen) atoms. The highest BCUT2D eigenvalue weighted by Crippen LogP contribution is 2.42. The number of carbonyl (C=O) groups is 2. The third kappa shape index (κ3) is 6.60. The number of likely N-dealkylation sites (N-methyl/N-ethyl adjacent to an activating group) is 1. The molecule has 196 valence electrons. The summed E-state index contributed by atoms with van der Waals surface area (Å²) in [6.45, 7) is 2.32. The van der Waals surface area contributed by atoms with Crippen molar-refractivity contribution < 1.29 is 33.6 Å². The first-order valence-corrected chi connectivity index (χ1v) is 11.9. The van der Waals surface area contributed by atoms with Gasteiger partial charge in [-0.2, -0.15) is 0 Å². The number of fused-ring (bicyclic) bond motifs is 1. The predicted octanol–water partition coefficient (Wildman–Crippen LogP) is 2.67. The van der Waals surface area contributed by atoms with E-state index in [2.05, 4.69) is 29.4 Å². The molecule has 0 heterocycles. The zero-order chi connectivity index (χ0) is 26.2. The van der Waals surface area contributed by atoms with Crippen LogP contribution in [0.4, 0.5) is 0 Å². The molecule has 9 nitrogen and oxygen atoms in total. The number of ether oxygens (including phenoxy) is 4. The van der Waals surface area contributed by atoms with E-state index in [-0.39, 0.29) is 18.7 Å². The van der Waals surface area contributed by atoms with Gasteiger partial charge in [-0.3, -0.25) is 9.59 Å². The highest BCUT2D eigenvalue weighted by atomic mass is 16.5. The number of hydrogen-bond donors (Lipinski definition) is 2. The maximum absolute atomic E-state index is 12.6. The lowest BCUT2D eigenvalue weighted by molar-refractivity contribution is -0.136. The van der Waals surface area contributed by atoms with Crippen LogP contribution in [0.3, 0.4) is 0 Å². The van der Waals surface area contributed by atoms with Gasteiger partial charge in [0, 0.05) is 19.0 Å². The molecular weight excluding hydrogens is 464 g/mol. The first-order chi connectivity index (χ1) is 17.3. The first kappa shape index (κ1) is 27.1. The molecule has 0 aromatic heterocycles. The number of nitrogens with zero attached hydrogens (tertiary/aromatic N) is 1. The SMILES string of the molecule is COc1cc(CC(=O)O)c(CC(=O)NCCCN(C)C[C@H]2Cc3cc(OC)c(OC)cc32)cc1OC. The minimum atomic E-state index is -0.974. The molecule has 2 aromatic rings. The van der Waals surface area contributed by atoms with E-state index in [1.54, 1.807) is 26.4 Å². The molecule has 0 aliphatic heterocycles. The van der Waals surface area contributed by atoms with Gasteiger partial charge in [-0.15, -0.1) is 0 Å². The Labute approximate surface area is 212 Å². The van der Waals surface area contributed by atoms with Crippen molar-refractivity contribution in [2.75, 3.05) is 55.1 Å². The third-order valence-electron chi connectivity index (χ3n) is 6.52. The summed E-state index contributed by atoms with van der Waals surface area (Å²) in [5, 5.41) is 12.2. The topological polar surface area (TPSA) is 107 Å². The number of amides is 1. The fraction of sp³-hybridized carbons (Fsp3) is 0.481. The molecule has 1 aliphatic carbocycles. The lowest BCUT2D eigenvalue weighted by Gasteiger charge is -2.34. The summed E-state index contributed by atoms with van der Waals surface area (Å²) < 4.78 is 21.4. The number of nitrogens with one attached hydrogen (secondary N) is 1. The number of carboxylic acid groups (broad SMARTS) is 1. The van der Waals surface area contributed by atoms with E-state index in [9.17, 15) is 14.7 Å². The van der Waals surface area contributed by atoms with Crippen LogP contribution in [0.25, 0.3) is 0 Å². The van der Waals surface area contributed by atoms with Crippen molar-refractivity contribution in [2.45, 2.75) is 31.6 Å². The molecule has 0 saturated carbocycles. The molecular formula is C27H36N2O7. The van der Waals surface area contributed by atoms with Crippen LogP contribution in [0.15, 0.2) is 24.3 Å². The second-order valence-electron chi connectivity index (χ2n) is 9.00. The van der Waals surface area contributed by atoms with Crippen LogP contribution in [-0.2, 0) is 28.9 Å². The number of rotatable bonds is 14. The monoisotopic (exact) mass is 500 g/mol. The quantitative estimate of drug-likeness (QED) is 0.382. The fourth-order valence-corrected chi connectivity index (χ4v) is 4.64. The fourth-order valence-electron chi connectivity index (χ4n) is 4.64. The van der Waals surface area contributed by atoms with Crippen LogP contribution in [-0.4, -0.2) is 77.0 Å². The van der Waals surface area contributed by atoms with E-state index in [1.807, 2.05) is 0 Å². The van der Waals surface area contributed by atoms with Crippen molar-refractivity contribution >= 4 is 11.9 Å².